The molecule has 1 N–H and O–H groups in total. The van der Waals surface area contributed by atoms with Crippen LogP contribution in [0, 0.1) is 0 Å². The quantitative estimate of drug-likeness (QED) is 0.919. The van der Waals surface area contributed by atoms with Gasteiger partial charge in [0.05, 0.1) is 5.75 Å². The second kappa shape index (κ2) is 5.94. The molecule has 4 heteroatoms. The van der Waals surface area contributed by atoms with Crippen LogP contribution in [0.15, 0.2) is 42.5 Å². The molecular formula is C16H21NO2S. The van der Waals surface area contributed by atoms with Crippen molar-refractivity contribution >= 4 is 20.8 Å². The Morgan fingerprint density at radius 3 is 2.30 bits per heavy atom. The first-order chi connectivity index (χ1) is 9.37. The van der Waals surface area contributed by atoms with Crippen LogP contribution in [0.5, 0.6) is 0 Å². The smallest absolute Gasteiger partial charge is 0.212 e. The van der Waals surface area contributed by atoms with Gasteiger partial charge in [-0.1, -0.05) is 49.4 Å². The highest BCUT2D eigenvalue weighted by atomic mass is 32.2. The fourth-order valence-electron chi connectivity index (χ4n) is 2.35. The molecule has 0 bridgehead atoms. The standard InChI is InChI=1S/C16H21NO2S/c1-12(2)17-20(18,19)11-13(3)15-9-8-14-6-4-5-7-16(14)10-15/h4-10,12-13,17H,11H2,1-3H3. The van der Waals surface area contributed by atoms with Crippen molar-refractivity contribution in [1.82, 2.24) is 4.72 Å². The summed E-state index contributed by atoms with van der Waals surface area (Å²) in [4.78, 5) is 0. The topological polar surface area (TPSA) is 46.2 Å². The molecule has 108 valence electrons. The minimum Gasteiger partial charge on any atom is -0.213 e. The van der Waals surface area contributed by atoms with E-state index in [9.17, 15) is 8.42 Å². The molecule has 20 heavy (non-hydrogen) atoms. The van der Waals surface area contributed by atoms with Gasteiger partial charge in [0.1, 0.15) is 0 Å². The van der Waals surface area contributed by atoms with Gasteiger partial charge in [0.15, 0.2) is 0 Å². The molecule has 0 aromatic heterocycles. The van der Waals surface area contributed by atoms with Gasteiger partial charge in [-0.15, -0.1) is 0 Å². The average molecular weight is 291 g/mol. The van der Waals surface area contributed by atoms with E-state index < -0.39 is 10.0 Å². The van der Waals surface area contributed by atoms with E-state index in [4.69, 9.17) is 0 Å². The van der Waals surface area contributed by atoms with Gasteiger partial charge >= 0.3 is 0 Å². The lowest BCUT2D eigenvalue weighted by Gasteiger charge is -2.15. The summed E-state index contributed by atoms with van der Waals surface area (Å²) in [5.74, 6) is 0.0830. The number of benzene rings is 2. The Morgan fingerprint density at radius 1 is 1.00 bits per heavy atom. The van der Waals surface area contributed by atoms with Crippen LogP contribution in [0.1, 0.15) is 32.3 Å². The average Bonchev–Trinajstić information content (AvgIpc) is 2.36. The van der Waals surface area contributed by atoms with Crippen LogP contribution in [0.2, 0.25) is 0 Å². The first-order valence-corrected chi connectivity index (χ1v) is 8.51. The van der Waals surface area contributed by atoms with Gasteiger partial charge in [-0.2, -0.15) is 0 Å². The van der Waals surface area contributed by atoms with E-state index in [1.54, 1.807) is 0 Å². The summed E-state index contributed by atoms with van der Waals surface area (Å²) < 4.78 is 26.6. The molecule has 0 heterocycles. The maximum absolute atomic E-state index is 12.0. The molecule has 0 spiro atoms. The number of rotatable bonds is 5. The van der Waals surface area contributed by atoms with Crippen molar-refractivity contribution < 1.29 is 8.42 Å². The maximum atomic E-state index is 12.0. The molecule has 0 saturated heterocycles. The van der Waals surface area contributed by atoms with Gasteiger partial charge in [0.25, 0.3) is 0 Å². The van der Waals surface area contributed by atoms with Gasteiger partial charge < -0.3 is 0 Å². The molecule has 2 aromatic rings. The van der Waals surface area contributed by atoms with Crippen LogP contribution < -0.4 is 4.72 Å². The van der Waals surface area contributed by atoms with Gasteiger partial charge in [-0.25, -0.2) is 13.1 Å². The van der Waals surface area contributed by atoms with Crippen LogP contribution in [0.25, 0.3) is 10.8 Å². The number of sulfonamides is 1. The predicted molar refractivity (Wildman–Crippen MR) is 84.4 cm³/mol. The zero-order valence-corrected chi connectivity index (χ0v) is 12.9. The van der Waals surface area contributed by atoms with E-state index in [1.165, 1.54) is 5.39 Å². The molecule has 0 amide bonds. The van der Waals surface area contributed by atoms with E-state index in [1.807, 2.05) is 51.1 Å². The Hall–Kier alpha value is -1.39. The Kier molecular flexibility index (Phi) is 4.45. The first kappa shape index (κ1) is 15.0. The highest BCUT2D eigenvalue weighted by Crippen LogP contribution is 2.22. The molecule has 0 radical (unpaired) electrons. The largest absolute Gasteiger partial charge is 0.213 e. The van der Waals surface area contributed by atoms with Gasteiger partial charge in [0, 0.05) is 6.04 Å². The van der Waals surface area contributed by atoms with E-state index in [0.29, 0.717) is 0 Å². The summed E-state index contributed by atoms with van der Waals surface area (Å²) in [6, 6.07) is 14.2. The third-order valence-electron chi connectivity index (χ3n) is 3.23. The maximum Gasteiger partial charge on any atom is 0.212 e. The molecule has 1 atom stereocenters. The van der Waals surface area contributed by atoms with Crippen LogP contribution >= 0.6 is 0 Å². The third kappa shape index (κ3) is 3.81. The lowest BCUT2D eigenvalue weighted by molar-refractivity contribution is 0.564. The van der Waals surface area contributed by atoms with Crippen molar-refractivity contribution in [2.24, 2.45) is 0 Å². The summed E-state index contributed by atoms with van der Waals surface area (Å²) in [6.07, 6.45) is 0. The molecule has 1 unspecified atom stereocenters. The van der Waals surface area contributed by atoms with Crippen LogP contribution in [0.4, 0.5) is 0 Å². The number of fused-ring (bicyclic) bond motifs is 1. The molecule has 3 nitrogen and oxygen atoms in total. The molecular weight excluding hydrogens is 270 g/mol. The molecule has 2 aromatic carbocycles. The summed E-state index contributed by atoms with van der Waals surface area (Å²) >= 11 is 0. The SMILES string of the molecule is CC(C)NS(=O)(=O)CC(C)c1ccc2ccccc2c1. The van der Waals surface area contributed by atoms with Crippen molar-refractivity contribution in [1.29, 1.82) is 0 Å². The van der Waals surface area contributed by atoms with E-state index in [2.05, 4.69) is 16.9 Å². The fourth-order valence-corrected chi connectivity index (χ4v) is 4.01. The highest BCUT2D eigenvalue weighted by molar-refractivity contribution is 7.89. The predicted octanol–water partition coefficient (Wildman–Crippen LogP) is 3.27. The molecule has 0 aliphatic heterocycles. The molecule has 2 rings (SSSR count). The Morgan fingerprint density at radius 2 is 1.65 bits per heavy atom. The Balaban J connectivity index is 2.21. The number of hydrogen-bond donors (Lipinski definition) is 1. The first-order valence-electron chi connectivity index (χ1n) is 6.86. The number of hydrogen-bond acceptors (Lipinski definition) is 2. The van der Waals surface area contributed by atoms with E-state index >= 15 is 0 Å². The van der Waals surface area contributed by atoms with Crippen LogP contribution in [-0.2, 0) is 10.0 Å². The zero-order valence-electron chi connectivity index (χ0n) is 12.1. The van der Waals surface area contributed by atoms with Crippen LogP contribution in [-0.4, -0.2) is 20.2 Å². The van der Waals surface area contributed by atoms with Crippen molar-refractivity contribution in [2.75, 3.05) is 5.75 Å². The van der Waals surface area contributed by atoms with Crippen molar-refractivity contribution in [3.05, 3.63) is 48.0 Å². The lowest BCUT2D eigenvalue weighted by atomic mass is 9.99. The lowest BCUT2D eigenvalue weighted by Crippen LogP contribution is -2.33. The Labute approximate surface area is 121 Å². The summed E-state index contributed by atoms with van der Waals surface area (Å²) in [5.41, 5.74) is 1.05. The molecule has 0 fully saturated rings. The van der Waals surface area contributed by atoms with Gasteiger partial charge in [-0.05, 0) is 36.1 Å². The highest BCUT2D eigenvalue weighted by Gasteiger charge is 2.18. The van der Waals surface area contributed by atoms with Gasteiger partial charge in [0.2, 0.25) is 10.0 Å². The number of nitrogens with one attached hydrogen (secondary N) is 1. The fraction of sp³-hybridized carbons (Fsp3) is 0.375. The second-order valence-electron chi connectivity index (χ2n) is 5.56. The third-order valence-corrected chi connectivity index (χ3v) is 5.00. The summed E-state index contributed by atoms with van der Waals surface area (Å²) in [7, 11) is -3.23. The molecule has 0 saturated carbocycles. The van der Waals surface area contributed by atoms with Gasteiger partial charge in [-0.3, -0.25) is 0 Å². The van der Waals surface area contributed by atoms with Crippen molar-refractivity contribution in [2.45, 2.75) is 32.7 Å². The van der Waals surface area contributed by atoms with Crippen molar-refractivity contribution in [3.8, 4) is 0 Å². The Bertz CT molecular complexity index is 692. The minimum absolute atomic E-state index is 0.0316. The summed E-state index contributed by atoms with van der Waals surface area (Å²) in [5, 5.41) is 2.32. The monoisotopic (exact) mass is 291 g/mol. The molecule has 0 aliphatic rings. The second-order valence-corrected chi connectivity index (χ2v) is 7.36. The van der Waals surface area contributed by atoms with E-state index in [0.717, 1.165) is 10.9 Å². The zero-order chi connectivity index (χ0) is 14.8. The normalized spacial score (nSPS) is 13.8. The minimum atomic E-state index is -3.23. The van der Waals surface area contributed by atoms with E-state index in [-0.39, 0.29) is 17.7 Å². The molecule has 0 aliphatic carbocycles. The summed E-state index contributed by atoms with van der Waals surface area (Å²) in [6.45, 7) is 5.61. The van der Waals surface area contributed by atoms with Crippen molar-refractivity contribution in [3.63, 3.8) is 0 Å². The van der Waals surface area contributed by atoms with Crippen LogP contribution in [0.3, 0.4) is 0 Å².